The Balaban J connectivity index is 2.58. The molecule has 3 atom stereocenters. The van der Waals surface area contributed by atoms with E-state index in [1.165, 1.54) is 0 Å². The van der Waals surface area contributed by atoms with Crippen LogP contribution in [0.15, 0.2) is 0 Å². The molecule has 1 saturated carbocycles. The number of carboxylic acid groups (broad SMARTS) is 1. The van der Waals surface area contributed by atoms with Crippen LogP contribution in [-0.2, 0) is 4.79 Å². The van der Waals surface area contributed by atoms with Gasteiger partial charge in [-0.05, 0) is 18.8 Å². The minimum atomic E-state index is -0.857. The van der Waals surface area contributed by atoms with E-state index in [4.69, 9.17) is 5.11 Å². The highest BCUT2D eigenvalue weighted by Gasteiger charge is 2.33. The second-order valence-electron chi connectivity index (χ2n) is 3.34. The van der Waals surface area contributed by atoms with Crippen LogP contribution in [0.5, 0.6) is 0 Å². The highest BCUT2D eigenvalue weighted by atomic mass is 16.4. The number of rotatable bonds is 1. The molecule has 1 aliphatic rings. The fraction of sp³-hybridized carbons (Fsp3) is 0.875. The van der Waals surface area contributed by atoms with Gasteiger partial charge in [-0.2, -0.15) is 0 Å². The van der Waals surface area contributed by atoms with Crippen molar-refractivity contribution >= 4 is 5.97 Å². The fourth-order valence-corrected chi connectivity index (χ4v) is 1.67. The lowest BCUT2D eigenvalue weighted by Gasteiger charge is -2.29. The summed E-state index contributed by atoms with van der Waals surface area (Å²) < 4.78 is 0. The number of carboxylic acids is 1. The zero-order valence-electron chi connectivity index (χ0n) is 6.66. The summed E-state index contributed by atoms with van der Waals surface area (Å²) in [6.45, 7) is 1.90. The first-order valence-electron chi connectivity index (χ1n) is 4.04. The second-order valence-corrected chi connectivity index (χ2v) is 3.34. The van der Waals surface area contributed by atoms with Gasteiger partial charge < -0.3 is 10.2 Å². The number of hydrogen-bond donors (Lipinski definition) is 2. The first kappa shape index (κ1) is 8.53. The van der Waals surface area contributed by atoms with Crippen LogP contribution in [-0.4, -0.2) is 22.3 Å². The SMILES string of the molecule is CC1CCCC(C(=O)O)C1O. The largest absolute Gasteiger partial charge is 0.481 e. The van der Waals surface area contributed by atoms with Gasteiger partial charge in [-0.15, -0.1) is 0 Å². The van der Waals surface area contributed by atoms with Crippen molar-refractivity contribution in [2.75, 3.05) is 0 Å². The van der Waals surface area contributed by atoms with Crippen molar-refractivity contribution in [2.45, 2.75) is 32.3 Å². The molecule has 0 aromatic carbocycles. The molecule has 0 aromatic heterocycles. The van der Waals surface area contributed by atoms with E-state index >= 15 is 0 Å². The molecule has 0 spiro atoms. The maximum absolute atomic E-state index is 10.6. The van der Waals surface area contributed by atoms with E-state index in [0.29, 0.717) is 6.42 Å². The molecule has 3 nitrogen and oxygen atoms in total. The molecule has 1 rings (SSSR count). The second kappa shape index (κ2) is 3.22. The van der Waals surface area contributed by atoms with E-state index in [2.05, 4.69) is 0 Å². The Morgan fingerprint density at radius 3 is 2.55 bits per heavy atom. The Morgan fingerprint density at radius 1 is 1.45 bits per heavy atom. The average molecular weight is 158 g/mol. The molecule has 3 heteroatoms. The van der Waals surface area contributed by atoms with Crippen LogP contribution in [0, 0.1) is 11.8 Å². The predicted molar refractivity (Wildman–Crippen MR) is 40.1 cm³/mol. The quantitative estimate of drug-likeness (QED) is 0.595. The van der Waals surface area contributed by atoms with E-state index in [1.54, 1.807) is 0 Å². The van der Waals surface area contributed by atoms with Gasteiger partial charge in [0, 0.05) is 0 Å². The van der Waals surface area contributed by atoms with Crippen LogP contribution in [0.4, 0.5) is 0 Å². The third-order valence-corrected chi connectivity index (χ3v) is 2.49. The summed E-state index contributed by atoms with van der Waals surface area (Å²) >= 11 is 0. The highest BCUT2D eigenvalue weighted by molar-refractivity contribution is 5.70. The molecular weight excluding hydrogens is 144 g/mol. The molecule has 0 saturated heterocycles. The smallest absolute Gasteiger partial charge is 0.309 e. The Bertz CT molecular complexity index is 155. The zero-order valence-corrected chi connectivity index (χ0v) is 6.66. The van der Waals surface area contributed by atoms with E-state index in [-0.39, 0.29) is 5.92 Å². The summed E-state index contributed by atoms with van der Waals surface area (Å²) in [7, 11) is 0. The highest BCUT2D eigenvalue weighted by Crippen LogP contribution is 2.28. The maximum atomic E-state index is 10.6. The van der Waals surface area contributed by atoms with Crippen molar-refractivity contribution in [3.8, 4) is 0 Å². The Morgan fingerprint density at radius 2 is 2.09 bits per heavy atom. The molecule has 3 unspecified atom stereocenters. The van der Waals surface area contributed by atoms with Crippen LogP contribution >= 0.6 is 0 Å². The lowest BCUT2D eigenvalue weighted by molar-refractivity contribution is -0.149. The summed E-state index contributed by atoms with van der Waals surface area (Å²) in [5.74, 6) is -1.24. The summed E-state index contributed by atoms with van der Waals surface area (Å²) in [4.78, 5) is 10.6. The predicted octanol–water partition coefficient (Wildman–Crippen LogP) is 0.868. The molecule has 1 aliphatic carbocycles. The maximum Gasteiger partial charge on any atom is 0.309 e. The minimum Gasteiger partial charge on any atom is -0.481 e. The van der Waals surface area contributed by atoms with E-state index < -0.39 is 18.0 Å². The van der Waals surface area contributed by atoms with E-state index in [9.17, 15) is 9.90 Å². The van der Waals surface area contributed by atoms with Gasteiger partial charge >= 0.3 is 5.97 Å². The van der Waals surface area contributed by atoms with Crippen LogP contribution in [0.25, 0.3) is 0 Å². The van der Waals surface area contributed by atoms with Gasteiger partial charge in [-0.1, -0.05) is 13.3 Å². The number of carbonyl (C=O) groups is 1. The Labute approximate surface area is 66.0 Å². The number of aliphatic carboxylic acids is 1. The summed E-state index contributed by atoms with van der Waals surface area (Å²) in [6.07, 6.45) is 1.86. The van der Waals surface area contributed by atoms with Gasteiger partial charge in [0.25, 0.3) is 0 Å². The first-order valence-corrected chi connectivity index (χ1v) is 4.04. The molecule has 0 amide bonds. The fourth-order valence-electron chi connectivity index (χ4n) is 1.67. The van der Waals surface area contributed by atoms with Gasteiger partial charge in [0.05, 0.1) is 12.0 Å². The van der Waals surface area contributed by atoms with Gasteiger partial charge in [-0.3, -0.25) is 4.79 Å². The van der Waals surface area contributed by atoms with Crippen LogP contribution in [0.2, 0.25) is 0 Å². The number of hydrogen-bond acceptors (Lipinski definition) is 2. The summed E-state index contributed by atoms with van der Waals surface area (Å²) in [6, 6.07) is 0. The molecule has 0 heterocycles. The molecule has 11 heavy (non-hydrogen) atoms. The monoisotopic (exact) mass is 158 g/mol. The van der Waals surface area contributed by atoms with Gasteiger partial charge in [-0.25, -0.2) is 0 Å². The topological polar surface area (TPSA) is 57.5 Å². The van der Waals surface area contributed by atoms with Crippen LogP contribution in [0.3, 0.4) is 0 Å². The normalized spacial score (nSPS) is 38.5. The number of aliphatic hydroxyl groups is 1. The first-order chi connectivity index (χ1) is 5.13. The molecule has 0 aromatic rings. The van der Waals surface area contributed by atoms with Crippen molar-refractivity contribution in [3.05, 3.63) is 0 Å². The molecule has 2 N–H and O–H groups in total. The van der Waals surface area contributed by atoms with E-state index in [1.807, 2.05) is 6.92 Å². The van der Waals surface area contributed by atoms with Crippen LogP contribution in [0.1, 0.15) is 26.2 Å². The van der Waals surface area contributed by atoms with Gasteiger partial charge in [0.15, 0.2) is 0 Å². The number of aliphatic hydroxyl groups excluding tert-OH is 1. The van der Waals surface area contributed by atoms with E-state index in [0.717, 1.165) is 12.8 Å². The Hall–Kier alpha value is -0.570. The molecular formula is C8H14O3. The van der Waals surface area contributed by atoms with Crippen molar-refractivity contribution < 1.29 is 15.0 Å². The molecule has 0 bridgehead atoms. The lowest BCUT2D eigenvalue weighted by atomic mass is 9.80. The third kappa shape index (κ3) is 1.71. The summed E-state index contributed by atoms with van der Waals surface area (Å²) in [5.41, 5.74) is 0. The molecule has 0 radical (unpaired) electrons. The summed E-state index contributed by atoms with van der Waals surface area (Å²) in [5, 5.41) is 18.1. The standard InChI is InChI=1S/C8H14O3/c1-5-3-2-4-6(7(5)9)8(10)11/h5-7,9H,2-4H2,1H3,(H,10,11). The van der Waals surface area contributed by atoms with Crippen molar-refractivity contribution in [1.29, 1.82) is 0 Å². The minimum absolute atomic E-state index is 0.143. The lowest BCUT2D eigenvalue weighted by Crippen LogP contribution is -2.36. The Kier molecular flexibility index (Phi) is 2.49. The molecule has 64 valence electrons. The average Bonchev–Trinajstić information content (AvgIpc) is 1.94. The van der Waals surface area contributed by atoms with Crippen LogP contribution < -0.4 is 0 Å². The van der Waals surface area contributed by atoms with Crippen molar-refractivity contribution in [3.63, 3.8) is 0 Å². The third-order valence-electron chi connectivity index (χ3n) is 2.49. The van der Waals surface area contributed by atoms with Crippen molar-refractivity contribution in [2.24, 2.45) is 11.8 Å². The molecule has 0 aliphatic heterocycles. The van der Waals surface area contributed by atoms with Gasteiger partial charge in [0.2, 0.25) is 0 Å². The molecule has 1 fully saturated rings. The van der Waals surface area contributed by atoms with Gasteiger partial charge in [0.1, 0.15) is 0 Å². The van der Waals surface area contributed by atoms with Crippen molar-refractivity contribution in [1.82, 2.24) is 0 Å². The zero-order chi connectivity index (χ0) is 8.43.